The Morgan fingerprint density at radius 2 is 1.79 bits per heavy atom. The van der Waals surface area contributed by atoms with E-state index in [4.69, 9.17) is 14.9 Å². The number of aryl methyl sites for hydroxylation is 2. The zero-order valence-corrected chi connectivity index (χ0v) is 19.0. The van der Waals surface area contributed by atoms with Gasteiger partial charge in [-0.25, -0.2) is 0 Å². The second-order valence-corrected chi connectivity index (χ2v) is 8.41. The Balaban J connectivity index is 1.37. The Labute approximate surface area is 197 Å². The van der Waals surface area contributed by atoms with Gasteiger partial charge in [0.1, 0.15) is 24.7 Å². The monoisotopic (exact) mass is 488 g/mol. The number of aliphatic imine (C=N–C) groups is 1. The Morgan fingerprint density at radius 1 is 1.09 bits per heavy atom. The zero-order valence-electron chi connectivity index (χ0n) is 18.1. The number of halogens is 3. The van der Waals surface area contributed by atoms with E-state index in [9.17, 15) is 18.0 Å². The van der Waals surface area contributed by atoms with Crippen molar-refractivity contribution in [1.82, 2.24) is 5.01 Å². The molecule has 0 aliphatic carbocycles. The molecule has 1 N–H and O–H groups in total. The number of nitrogens with one attached hydrogen (secondary N) is 1. The highest BCUT2D eigenvalue weighted by molar-refractivity contribution is 8.27. The molecule has 34 heavy (non-hydrogen) atoms. The van der Waals surface area contributed by atoms with Gasteiger partial charge < -0.3 is 9.47 Å². The molecule has 0 atom stereocenters. The fourth-order valence-electron chi connectivity index (χ4n) is 3.21. The molecule has 0 unspecified atom stereocenters. The van der Waals surface area contributed by atoms with Crippen LogP contribution in [0.1, 0.15) is 16.7 Å². The number of rotatable bonds is 6. The standard InChI is InChI=1S/C23H19F3N4O3S/c1-13-3-8-18(14(2)11-13)33-10-9-32-16-6-4-15(5-7-16)12-17-19(27)30-22(28-20(17)31)34-21(29-30)23(24,25)26/h3-8,11-12,27H,9-10H2,1-2H3/b17-12-,27-19?. The number of carbonyl (C=O) groups is 1. The molecule has 0 saturated carbocycles. The molecule has 176 valence electrons. The van der Waals surface area contributed by atoms with E-state index in [1.54, 1.807) is 24.3 Å². The Morgan fingerprint density at radius 3 is 2.47 bits per heavy atom. The maximum absolute atomic E-state index is 12.9. The molecule has 0 aromatic heterocycles. The quantitative estimate of drug-likeness (QED) is 0.460. The summed E-state index contributed by atoms with van der Waals surface area (Å²) in [4.78, 5) is 15.9. The summed E-state index contributed by atoms with van der Waals surface area (Å²) < 4.78 is 50.1. The van der Waals surface area contributed by atoms with Gasteiger partial charge >= 0.3 is 6.18 Å². The van der Waals surface area contributed by atoms with Gasteiger partial charge in [0.25, 0.3) is 5.91 Å². The minimum absolute atomic E-state index is 0.160. The summed E-state index contributed by atoms with van der Waals surface area (Å²) in [6.07, 6.45) is -3.30. The van der Waals surface area contributed by atoms with Gasteiger partial charge in [-0.05, 0) is 61.0 Å². The number of alkyl halides is 3. The SMILES string of the molecule is Cc1ccc(OCCOc2ccc(/C=C3/C(=N)N4N=C(C(F)(F)F)SC4=NC3=O)cc2)c(C)c1. The van der Waals surface area contributed by atoms with Gasteiger partial charge in [0.2, 0.25) is 10.2 Å². The number of amidine groups is 2. The zero-order chi connectivity index (χ0) is 24.5. The third kappa shape index (κ3) is 5.14. The summed E-state index contributed by atoms with van der Waals surface area (Å²) in [7, 11) is 0. The van der Waals surface area contributed by atoms with Crippen LogP contribution >= 0.6 is 11.8 Å². The molecule has 1 amide bonds. The van der Waals surface area contributed by atoms with Crippen LogP contribution in [0.3, 0.4) is 0 Å². The van der Waals surface area contributed by atoms with E-state index in [0.29, 0.717) is 29.5 Å². The molecule has 2 aliphatic heterocycles. The van der Waals surface area contributed by atoms with Gasteiger partial charge in [-0.1, -0.05) is 29.8 Å². The van der Waals surface area contributed by atoms with Crippen molar-refractivity contribution in [1.29, 1.82) is 5.41 Å². The lowest BCUT2D eigenvalue weighted by molar-refractivity contribution is -0.114. The number of hydrazone groups is 1. The highest BCUT2D eigenvalue weighted by Gasteiger charge is 2.46. The second kappa shape index (κ2) is 9.34. The van der Waals surface area contributed by atoms with E-state index >= 15 is 0 Å². The molecule has 7 nitrogen and oxygen atoms in total. The van der Waals surface area contributed by atoms with Gasteiger partial charge in [-0.2, -0.15) is 28.3 Å². The van der Waals surface area contributed by atoms with Crippen LogP contribution in [0.4, 0.5) is 13.2 Å². The van der Waals surface area contributed by atoms with Gasteiger partial charge in [0.15, 0.2) is 5.84 Å². The van der Waals surface area contributed by atoms with Crippen molar-refractivity contribution < 1.29 is 27.4 Å². The summed E-state index contributed by atoms with van der Waals surface area (Å²) >= 11 is 0.214. The minimum atomic E-state index is -4.68. The lowest BCUT2D eigenvalue weighted by Gasteiger charge is -2.20. The third-order valence-corrected chi connectivity index (χ3v) is 5.78. The largest absolute Gasteiger partial charge is 0.490 e. The summed E-state index contributed by atoms with van der Waals surface area (Å²) in [6, 6.07) is 12.6. The summed E-state index contributed by atoms with van der Waals surface area (Å²) in [5, 5.41) is 10.8. The molecule has 4 rings (SSSR count). The van der Waals surface area contributed by atoms with E-state index in [0.717, 1.165) is 16.9 Å². The fraction of sp³-hybridized carbons (Fsp3) is 0.217. The molecule has 11 heteroatoms. The van der Waals surface area contributed by atoms with Gasteiger partial charge in [0, 0.05) is 0 Å². The van der Waals surface area contributed by atoms with Crippen LogP contribution in [0, 0.1) is 19.3 Å². The van der Waals surface area contributed by atoms with Crippen LogP contribution in [0.5, 0.6) is 11.5 Å². The highest BCUT2D eigenvalue weighted by atomic mass is 32.2. The molecule has 0 bridgehead atoms. The number of hydrogen-bond acceptors (Lipinski definition) is 6. The van der Waals surface area contributed by atoms with Crippen LogP contribution in [-0.2, 0) is 4.79 Å². The van der Waals surface area contributed by atoms with Crippen LogP contribution in [-0.4, -0.2) is 46.4 Å². The van der Waals surface area contributed by atoms with Crippen LogP contribution in [0.25, 0.3) is 6.08 Å². The van der Waals surface area contributed by atoms with Crippen LogP contribution in [0.15, 0.2) is 58.1 Å². The van der Waals surface area contributed by atoms with Crippen molar-refractivity contribution >= 4 is 39.8 Å². The first-order valence-electron chi connectivity index (χ1n) is 10.1. The molecular weight excluding hydrogens is 469 g/mol. The summed E-state index contributed by atoms with van der Waals surface area (Å²) in [5.41, 5.74) is 2.60. The number of hydrogen-bond donors (Lipinski definition) is 1. The van der Waals surface area contributed by atoms with Gasteiger partial charge in [-0.15, -0.1) is 0 Å². The first kappa shape index (κ1) is 23.6. The third-order valence-electron chi connectivity index (χ3n) is 4.83. The molecule has 2 aliphatic rings. The number of ether oxygens (including phenoxy) is 2. The van der Waals surface area contributed by atoms with Crippen molar-refractivity contribution in [3.63, 3.8) is 0 Å². The maximum Gasteiger partial charge on any atom is 0.441 e. The Kier molecular flexibility index (Phi) is 6.47. The minimum Gasteiger partial charge on any atom is -0.490 e. The average molecular weight is 488 g/mol. The van der Waals surface area contributed by atoms with Gasteiger partial charge in [0.05, 0.1) is 5.57 Å². The molecule has 0 spiro atoms. The number of fused-ring (bicyclic) bond motifs is 1. The Bertz CT molecular complexity index is 1240. The number of nitrogens with zero attached hydrogens (tertiary/aromatic N) is 3. The summed E-state index contributed by atoms with van der Waals surface area (Å²) in [5.74, 6) is 0.105. The normalized spacial score (nSPS) is 17.0. The average Bonchev–Trinajstić information content (AvgIpc) is 3.21. The number of benzene rings is 2. The van der Waals surface area contributed by atoms with E-state index in [-0.39, 0.29) is 22.5 Å². The van der Waals surface area contributed by atoms with Crippen molar-refractivity contribution in [2.24, 2.45) is 10.1 Å². The Hall–Kier alpha value is -3.60. The van der Waals surface area contributed by atoms with E-state index in [1.165, 1.54) is 6.08 Å². The topological polar surface area (TPSA) is 87.3 Å². The van der Waals surface area contributed by atoms with Crippen molar-refractivity contribution in [2.75, 3.05) is 13.2 Å². The second-order valence-electron chi connectivity index (χ2n) is 7.46. The maximum atomic E-state index is 12.9. The fourth-order valence-corrected chi connectivity index (χ4v) is 3.96. The molecule has 0 radical (unpaired) electrons. The molecule has 0 fully saturated rings. The molecule has 2 aromatic rings. The lowest BCUT2D eigenvalue weighted by atomic mass is 10.1. The highest BCUT2D eigenvalue weighted by Crippen LogP contribution is 2.35. The molecule has 2 heterocycles. The molecule has 0 saturated heterocycles. The van der Waals surface area contributed by atoms with Crippen molar-refractivity contribution in [3.8, 4) is 11.5 Å². The number of thioether (sulfide) groups is 1. The number of carbonyl (C=O) groups excluding carboxylic acids is 1. The first-order valence-corrected chi connectivity index (χ1v) is 10.9. The van der Waals surface area contributed by atoms with Crippen LogP contribution in [0.2, 0.25) is 0 Å². The summed E-state index contributed by atoms with van der Waals surface area (Å²) in [6.45, 7) is 4.67. The molecule has 2 aromatic carbocycles. The van der Waals surface area contributed by atoms with Crippen LogP contribution < -0.4 is 9.47 Å². The van der Waals surface area contributed by atoms with E-state index in [1.807, 2.05) is 32.0 Å². The lowest BCUT2D eigenvalue weighted by Crippen LogP contribution is -2.35. The first-order chi connectivity index (χ1) is 16.1. The van der Waals surface area contributed by atoms with Crippen molar-refractivity contribution in [3.05, 3.63) is 64.7 Å². The molecular formula is C23H19F3N4O3S. The van der Waals surface area contributed by atoms with E-state index < -0.39 is 23.0 Å². The predicted octanol–water partition coefficient (Wildman–Crippen LogP) is 4.94. The predicted molar refractivity (Wildman–Crippen MR) is 124 cm³/mol. The van der Waals surface area contributed by atoms with E-state index in [2.05, 4.69) is 10.1 Å². The van der Waals surface area contributed by atoms with Crippen molar-refractivity contribution in [2.45, 2.75) is 20.0 Å². The number of amides is 1. The van der Waals surface area contributed by atoms with Gasteiger partial charge in [-0.3, -0.25) is 10.2 Å². The smallest absolute Gasteiger partial charge is 0.441 e.